The van der Waals surface area contributed by atoms with Gasteiger partial charge < -0.3 is 15.0 Å². The molecule has 0 saturated carbocycles. The molecule has 1 N–H and O–H groups in total. The average molecular weight is 635 g/mol. The van der Waals surface area contributed by atoms with Gasteiger partial charge in [-0.25, -0.2) is 12.8 Å². The monoisotopic (exact) mass is 633 g/mol. The van der Waals surface area contributed by atoms with Crippen molar-refractivity contribution in [2.75, 3.05) is 24.0 Å². The minimum Gasteiger partial charge on any atom is -0.494 e. The van der Waals surface area contributed by atoms with Gasteiger partial charge in [0.15, 0.2) is 0 Å². The Morgan fingerprint density at radius 3 is 2.25 bits per heavy atom. The highest BCUT2D eigenvalue weighted by Crippen LogP contribution is 2.27. The van der Waals surface area contributed by atoms with Crippen molar-refractivity contribution >= 4 is 43.5 Å². The van der Waals surface area contributed by atoms with Crippen molar-refractivity contribution in [2.45, 2.75) is 44.7 Å². The van der Waals surface area contributed by atoms with Crippen LogP contribution in [0.3, 0.4) is 0 Å². The predicted octanol–water partition coefficient (Wildman–Crippen LogP) is 5.13. The fourth-order valence-electron chi connectivity index (χ4n) is 3.93. The van der Waals surface area contributed by atoms with Crippen LogP contribution in [0.5, 0.6) is 5.75 Å². The lowest BCUT2D eigenvalue weighted by Gasteiger charge is -2.32. The van der Waals surface area contributed by atoms with Crippen molar-refractivity contribution in [1.82, 2.24) is 10.2 Å². The standard InChI is InChI=1S/C29H33BrFN3O5S/c1-4-18-32-29(36)21(3)33(19-22-8-6-7-9-27(22)31)28(35)20-34(24-12-14-25(15-13-24)39-5-2)40(37,38)26-16-10-23(30)11-17-26/h6-17,21H,4-5,18-20H2,1-3H3,(H,32,36). The summed E-state index contributed by atoms with van der Waals surface area (Å²) in [4.78, 5) is 27.9. The van der Waals surface area contributed by atoms with Crippen molar-refractivity contribution in [3.63, 3.8) is 0 Å². The molecule has 0 aromatic heterocycles. The molecule has 0 heterocycles. The second-order valence-corrected chi connectivity index (χ2v) is 11.8. The Bertz CT molecular complexity index is 1400. The lowest BCUT2D eigenvalue weighted by Crippen LogP contribution is -2.51. The highest BCUT2D eigenvalue weighted by molar-refractivity contribution is 9.10. The first-order valence-electron chi connectivity index (χ1n) is 12.9. The zero-order valence-corrected chi connectivity index (χ0v) is 25.0. The second kappa shape index (κ2) is 14.3. The van der Waals surface area contributed by atoms with Crippen LogP contribution in [-0.4, -0.2) is 50.9 Å². The number of sulfonamides is 1. The van der Waals surface area contributed by atoms with Crippen LogP contribution in [0.25, 0.3) is 0 Å². The SMILES string of the molecule is CCCNC(=O)C(C)N(Cc1ccccc1F)C(=O)CN(c1ccc(OCC)cc1)S(=O)(=O)c1ccc(Br)cc1. The first-order chi connectivity index (χ1) is 19.1. The lowest BCUT2D eigenvalue weighted by atomic mass is 10.1. The van der Waals surface area contributed by atoms with Crippen LogP contribution in [-0.2, 0) is 26.2 Å². The molecule has 0 bridgehead atoms. The minimum atomic E-state index is -4.22. The summed E-state index contributed by atoms with van der Waals surface area (Å²) in [6.45, 7) is 5.26. The number of ether oxygens (including phenoxy) is 1. The molecule has 40 heavy (non-hydrogen) atoms. The van der Waals surface area contributed by atoms with Crippen LogP contribution >= 0.6 is 15.9 Å². The average Bonchev–Trinajstić information content (AvgIpc) is 2.94. The van der Waals surface area contributed by atoms with Crippen molar-refractivity contribution in [3.05, 3.63) is 88.6 Å². The van der Waals surface area contributed by atoms with Gasteiger partial charge in [0.1, 0.15) is 24.2 Å². The largest absolute Gasteiger partial charge is 0.494 e. The van der Waals surface area contributed by atoms with E-state index in [0.717, 1.165) is 4.31 Å². The van der Waals surface area contributed by atoms with Crippen LogP contribution in [0.4, 0.5) is 10.1 Å². The van der Waals surface area contributed by atoms with Crippen LogP contribution in [0.15, 0.2) is 82.2 Å². The third-order valence-corrected chi connectivity index (χ3v) is 8.45. The molecule has 0 aliphatic heterocycles. The minimum absolute atomic E-state index is 0.0215. The summed E-state index contributed by atoms with van der Waals surface area (Å²) in [5, 5.41) is 2.76. The topological polar surface area (TPSA) is 96.0 Å². The molecule has 0 radical (unpaired) electrons. The van der Waals surface area contributed by atoms with E-state index in [-0.39, 0.29) is 22.7 Å². The Hall–Kier alpha value is -3.44. The lowest BCUT2D eigenvalue weighted by molar-refractivity contribution is -0.139. The molecular weight excluding hydrogens is 601 g/mol. The summed E-state index contributed by atoms with van der Waals surface area (Å²) in [6, 6.07) is 17.3. The maximum absolute atomic E-state index is 14.6. The van der Waals surface area contributed by atoms with Gasteiger partial charge in [-0.05, 0) is 74.9 Å². The van der Waals surface area contributed by atoms with E-state index in [1.165, 1.54) is 42.2 Å². The first-order valence-corrected chi connectivity index (χ1v) is 15.1. The van der Waals surface area contributed by atoms with Crippen LogP contribution in [0.2, 0.25) is 0 Å². The number of nitrogens with zero attached hydrogens (tertiary/aromatic N) is 2. The molecule has 0 spiro atoms. The maximum Gasteiger partial charge on any atom is 0.264 e. The van der Waals surface area contributed by atoms with E-state index in [1.54, 1.807) is 42.5 Å². The highest BCUT2D eigenvalue weighted by atomic mass is 79.9. The van der Waals surface area contributed by atoms with E-state index < -0.39 is 40.2 Å². The summed E-state index contributed by atoms with van der Waals surface area (Å²) in [6.07, 6.45) is 0.691. The van der Waals surface area contributed by atoms with E-state index in [2.05, 4.69) is 21.2 Å². The summed E-state index contributed by atoms with van der Waals surface area (Å²) in [5.74, 6) is -1.08. The van der Waals surface area contributed by atoms with Gasteiger partial charge in [-0.2, -0.15) is 0 Å². The van der Waals surface area contributed by atoms with Gasteiger partial charge in [-0.3, -0.25) is 13.9 Å². The van der Waals surface area contributed by atoms with Crippen molar-refractivity contribution in [2.24, 2.45) is 0 Å². The smallest absolute Gasteiger partial charge is 0.264 e. The first kappa shape index (κ1) is 31.1. The van der Waals surface area contributed by atoms with Gasteiger partial charge in [-0.15, -0.1) is 0 Å². The molecule has 0 fully saturated rings. The zero-order valence-electron chi connectivity index (χ0n) is 22.6. The molecule has 3 aromatic carbocycles. The molecule has 0 saturated heterocycles. The quantitative estimate of drug-likeness (QED) is 0.282. The zero-order chi connectivity index (χ0) is 29.3. The van der Waals surface area contributed by atoms with Crippen LogP contribution in [0, 0.1) is 5.82 Å². The van der Waals surface area contributed by atoms with E-state index in [0.29, 0.717) is 29.8 Å². The third-order valence-electron chi connectivity index (χ3n) is 6.13. The fraction of sp³-hybridized carbons (Fsp3) is 0.310. The number of benzene rings is 3. The summed E-state index contributed by atoms with van der Waals surface area (Å²) in [7, 11) is -4.22. The predicted molar refractivity (Wildman–Crippen MR) is 156 cm³/mol. The maximum atomic E-state index is 14.6. The van der Waals surface area contributed by atoms with Crippen molar-refractivity contribution in [3.8, 4) is 5.75 Å². The summed E-state index contributed by atoms with van der Waals surface area (Å²) < 4.78 is 49.4. The van der Waals surface area contributed by atoms with Crippen LogP contribution in [0.1, 0.15) is 32.8 Å². The molecule has 8 nitrogen and oxygen atoms in total. The number of anilines is 1. The Kier molecular flexibility index (Phi) is 11.1. The number of hydrogen-bond acceptors (Lipinski definition) is 5. The molecule has 0 aliphatic carbocycles. The number of nitrogens with one attached hydrogen (secondary N) is 1. The number of hydrogen-bond donors (Lipinski definition) is 1. The normalized spacial score (nSPS) is 11.9. The molecule has 3 aromatic rings. The second-order valence-electron chi connectivity index (χ2n) is 8.97. The van der Waals surface area contributed by atoms with Gasteiger partial charge >= 0.3 is 0 Å². The number of carbonyl (C=O) groups is 2. The third kappa shape index (κ3) is 7.82. The molecule has 214 valence electrons. The van der Waals surface area contributed by atoms with E-state index in [1.807, 2.05) is 13.8 Å². The molecular formula is C29H33BrFN3O5S. The van der Waals surface area contributed by atoms with Gasteiger partial charge in [-0.1, -0.05) is 41.1 Å². The Balaban J connectivity index is 2.03. The number of halogens is 2. The summed E-state index contributed by atoms with van der Waals surface area (Å²) in [5.41, 5.74) is 0.433. The summed E-state index contributed by atoms with van der Waals surface area (Å²) >= 11 is 3.31. The van der Waals surface area contributed by atoms with Gasteiger partial charge in [0, 0.05) is 23.1 Å². The molecule has 3 rings (SSSR count). The molecule has 2 amide bonds. The number of amides is 2. The van der Waals surface area contributed by atoms with E-state index in [4.69, 9.17) is 4.74 Å². The van der Waals surface area contributed by atoms with Gasteiger partial charge in [0.25, 0.3) is 10.0 Å². The fourth-order valence-corrected chi connectivity index (χ4v) is 5.60. The Labute approximate surface area is 243 Å². The van der Waals surface area contributed by atoms with Crippen molar-refractivity contribution < 1.29 is 27.1 Å². The Morgan fingerprint density at radius 2 is 1.65 bits per heavy atom. The highest BCUT2D eigenvalue weighted by Gasteiger charge is 2.32. The molecule has 1 unspecified atom stereocenters. The van der Waals surface area contributed by atoms with Gasteiger partial charge in [0.2, 0.25) is 11.8 Å². The van der Waals surface area contributed by atoms with Crippen molar-refractivity contribution in [1.29, 1.82) is 0 Å². The molecule has 1 atom stereocenters. The number of carbonyl (C=O) groups excluding carboxylic acids is 2. The molecule has 0 aliphatic rings. The van der Waals surface area contributed by atoms with Crippen LogP contribution < -0.4 is 14.4 Å². The Morgan fingerprint density at radius 1 is 1.00 bits per heavy atom. The van der Waals surface area contributed by atoms with Gasteiger partial charge in [0.05, 0.1) is 17.2 Å². The van der Waals surface area contributed by atoms with E-state index >= 15 is 0 Å². The van der Waals surface area contributed by atoms with E-state index in [9.17, 15) is 22.4 Å². The number of rotatable bonds is 13. The molecule has 11 heteroatoms.